The van der Waals surface area contributed by atoms with Gasteiger partial charge in [0.2, 0.25) is 0 Å². The van der Waals surface area contributed by atoms with Crippen LogP contribution in [0.1, 0.15) is 47.0 Å². The second-order valence-electron chi connectivity index (χ2n) is 5.40. The lowest BCUT2D eigenvalue weighted by atomic mass is 9.83. The number of hydrogen-bond donors (Lipinski definition) is 1. The fourth-order valence-electron chi connectivity index (χ4n) is 2.01. The minimum Gasteiger partial charge on any atom is -0.434 e. The van der Waals surface area contributed by atoms with E-state index < -0.39 is 0 Å². The van der Waals surface area contributed by atoms with Crippen LogP contribution >= 0.6 is 0 Å². The van der Waals surface area contributed by atoms with E-state index in [4.69, 9.17) is 9.76 Å². The molecule has 15 heavy (non-hydrogen) atoms. The van der Waals surface area contributed by atoms with Gasteiger partial charge < -0.3 is 9.76 Å². The molecule has 1 fully saturated rings. The SMILES string of the molecule is CCC(C)(OBC1CC1CCO)C(C)C. The number of aliphatic hydroxyl groups is 1. The zero-order valence-corrected chi connectivity index (χ0v) is 10.6. The maximum Gasteiger partial charge on any atom is 0.279 e. The summed E-state index contributed by atoms with van der Waals surface area (Å²) in [5.74, 6) is 2.00. The summed E-state index contributed by atoms with van der Waals surface area (Å²) in [5, 5.41) is 8.82. The van der Waals surface area contributed by atoms with Gasteiger partial charge in [-0.05, 0) is 37.4 Å². The molecule has 0 bridgehead atoms. The Kier molecular flexibility index (Phi) is 4.66. The third-order valence-electron chi connectivity index (χ3n) is 4.12. The third-order valence-corrected chi connectivity index (χ3v) is 4.12. The van der Waals surface area contributed by atoms with Crippen LogP contribution in [0.15, 0.2) is 0 Å². The van der Waals surface area contributed by atoms with Crippen LogP contribution in [0, 0.1) is 11.8 Å². The van der Waals surface area contributed by atoms with E-state index in [9.17, 15) is 0 Å². The molecular formula is C12H25BO2. The molecule has 1 aliphatic carbocycles. The van der Waals surface area contributed by atoms with Crippen molar-refractivity contribution in [3.8, 4) is 0 Å². The Morgan fingerprint density at radius 1 is 1.53 bits per heavy atom. The summed E-state index contributed by atoms with van der Waals surface area (Å²) in [7, 11) is 0.882. The predicted molar refractivity (Wildman–Crippen MR) is 65.3 cm³/mol. The van der Waals surface area contributed by atoms with Crippen LogP contribution in [0.25, 0.3) is 0 Å². The Morgan fingerprint density at radius 3 is 2.67 bits per heavy atom. The molecule has 88 valence electrons. The van der Waals surface area contributed by atoms with E-state index in [0.717, 1.165) is 26.2 Å². The lowest BCUT2D eigenvalue weighted by molar-refractivity contribution is 0.0395. The lowest BCUT2D eigenvalue weighted by Gasteiger charge is -2.33. The topological polar surface area (TPSA) is 29.5 Å². The fourth-order valence-corrected chi connectivity index (χ4v) is 2.01. The Morgan fingerprint density at radius 2 is 2.20 bits per heavy atom. The fraction of sp³-hybridized carbons (Fsp3) is 1.00. The van der Waals surface area contributed by atoms with Crippen LogP contribution in [0.5, 0.6) is 0 Å². The molecule has 0 aromatic carbocycles. The van der Waals surface area contributed by atoms with Crippen LogP contribution < -0.4 is 0 Å². The standard InChI is InChI=1S/C12H25BO2/c1-5-12(4,9(2)3)15-13-11-8-10(11)6-7-14/h9-11,13-14H,5-8H2,1-4H3. The summed E-state index contributed by atoms with van der Waals surface area (Å²) in [6.07, 6.45) is 3.28. The van der Waals surface area contributed by atoms with E-state index in [-0.39, 0.29) is 5.60 Å². The summed E-state index contributed by atoms with van der Waals surface area (Å²) in [6.45, 7) is 9.18. The molecule has 0 aromatic rings. The predicted octanol–water partition coefficient (Wildman–Crippen LogP) is 2.37. The lowest BCUT2D eigenvalue weighted by Crippen LogP contribution is -2.35. The Labute approximate surface area is 94.7 Å². The maximum atomic E-state index is 8.82. The smallest absolute Gasteiger partial charge is 0.279 e. The van der Waals surface area contributed by atoms with Gasteiger partial charge in [0.1, 0.15) is 0 Å². The van der Waals surface area contributed by atoms with E-state index in [2.05, 4.69) is 27.7 Å². The van der Waals surface area contributed by atoms with Gasteiger partial charge in [-0.15, -0.1) is 0 Å². The number of rotatable bonds is 7. The van der Waals surface area contributed by atoms with Crippen molar-refractivity contribution in [2.45, 2.75) is 58.4 Å². The molecule has 0 saturated heterocycles. The number of aliphatic hydroxyl groups excluding tert-OH is 1. The minimum atomic E-state index is 0.0341. The highest BCUT2D eigenvalue weighted by atomic mass is 16.5. The molecule has 1 rings (SSSR count). The molecule has 0 amide bonds. The normalized spacial score (nSPS) is 28.9. The first-order valence-electron chi connectivity index (χ1n) is 6.28. The van der Waals surface area contributed by atoms with Crippen molar-refractivity contribution in [2.24, 2.45) is 11.8 Å². The molecule has 0 heterocycles. The zero-order valence-electron chi connectivity index (χ0n) is 10.6. The van der Waals surface area contributed by atoms with Gasteiger partial charge in [-0.2, -0.15) is 0 Å². The average Bonchev–Trinajstić information content (AvgIpc) is 2.93. The first kappa shape index (κ1) is 13.1. The van der Waals surface area contributed by atoms with Gasteiger partial charge >= 0.3 is 0 Å². The Hall–Kier alpha value is -0.0151. The average molecular weight is 212 g/mol. The second-order valence-corrected chi connectivity index (χ2v) is 5.40. The summed E-state index contributed by atoms with van der Waals surface area (Å²) < 4.78 is 6.06. The minimum absolute atomic E-state index is 0.0341. The van der Waals surface area contributed by atoms with Crippen molar-refractivity contribution >= 4 is 7.48 Å². The first-order valence-corrected chi connectivity index (χ1v) is 6.28. The molecule has 1 saturated carbocycles. The molecule has 2 nitrogen and oxygen atoms in total. The van der Waals surface area contributed by atoms with Gasteiger partial charge in [0.15, 0.2) is 0 Å². The van der Waals surface area contributed by atoms with Gasteiger partial charge in [0.25, 0.3) is 7.48 Å². The molecule has 3 unspecified atom stereocenters. The zero-order chi connectivity index (χ0) is 11.5. The van der Waals surface area contributed by atoms with Gasteiger partial charge in [0.05, 0.1) is 5.60 Å². The van der Waals surface area contributed by atoms with E-state index in [1.807, 2.05) is 0 Å². The Bertz CT molecular complexity index is 196. The maximum absolute atomic E-state index is 8.82. The largest absolute Gasteiger partial charge is 0.434 e. The van der Waals surface area contributed by atoms with Gasteiger partial charge in [-0.1, -0.05) is 27.2 Å². The van der Waals surface area contributed by atoms with Crippen molar-refractivity contribution in [3.63, 3.8) is 0 Å². The first-order chi connectivity index (χ1) is 7.03. The summed E-state index contributed by atoms with van der Waals surface area (Å²) in [6, 6.07) is 0. The van der Waals surface area contributed by atoms with E-state index >= 15 is 0 Å². The third kappa shape index (κ3) is 3.49. The van der Waals surface area contributed by atoms with Gasteiger partial charge in [-0.3, -0.25) is 0 Å². The summed E-state index contributed by atoms with van der Waals surface area (Å²) in [5.41, 5.74) is 0.0341. The van der Waals surface area contributed by atoms with Crippen molar-refractivity contribution in [2.75, 3.05) is 6.61 Å². The van der Waals surface area contributed by atoms with Crippen molar-refractivity contribution in [1.29, 1.82) is 0 Å². The molecule has 0 aromatic heterocycles. The molecule has 3 heteroatoms. The van der Waals surface area contributed by atoms with Crippen LogP contribution in [0.2, 0.25) is 5.82 Å². The molecule has 0 radical (unpaired) electrons. The molecule has 3 atom stereocenters. The van der Waals surface area contributed by atoms with E-state index in [0.29, 0.717) is 18.3 Å². The molecule has 1 N–H and O–H groups in total. The van der Waals surface area contributed by atoms with Gasteiger partial charge in [0, 0.05) is 6.61 Å². The van der Waals surface area contributed by atoms with Crippen LogP contribution in [-0.2, 0) is 4.65 Å². The second kappa shape index (κ2) is 5.35. The van der Waals surface area contributed by atoms with Crippen molar-refractivity contribution in [1.82, 2.24) is 0 Å². The van der Waals surface area contributed by atoms with Gasteiger partial charge in [-0.25, -0.2) is 0 Å². The number of hydrogen-bond acceptors (Lipinski definition) is 2. The van der Waals surface area contributed by atoms with E-state index in [1.54, 1.807) is 0 Å². The van der Waals surface area contributed by atoms with Crippen LogP contribution in [-0.4, -0.2) is 24.8 Å². The van der Waals surface area contributed by atoms with Crippen molar-refractivity contribution in [3.05, 3.63) is 0 Å². The highest BCUT2D eigenvalue weighted by molar-refractivity contribution is 6.31. The molecule has 0 spiro atoms. The van der Waals surface area contributed by atoms with E-state index in [1.165, 1.54) is 6.42 Å². The summed E-state index contributed by atoms with van der Waals surface area (Å²) in [4.78, 5) is 0. The quantitative estimate of drug-likeness (QED) is 0.656. The molecule has 0 aliphatic heterocycles. The van der Waals surface area contributed by atoms with Crippen molar-refractivity contribution < 1.29 is 9.76 Å². The molecule has 1 aliphatic rings. The Balaban J connectivity index is 2.24. The van der Waals surface area contributed by atoms with Crippen LogP contribution in [0.3, 0.4) is 0 Å². The summed E-state index contributed by atoms with van der Waals surface area (Å²) >= 11 is 0. The highest BCUT2D eigenvalue weighted by Crippen LogP contribution is 2.47. The highest BCUT2D eigenvalue weighted by Gasteiger charge is 2.39. The molecular weight excluding hydrogens is 187 g/mol. The van der Waals surface area contributed by atoms with Crippen LogP contribution in [0.4, 0.5) is 0 Å². The monoisotopic (exact) mass is 212 g/mol.